The third-order valence-electron chi connectivity index (χ3n) is 3.52. The molecule has 0 fully saturated rings. The molecule has 0 bridgehead atoms. The van der Waals surface area contributed by atoms with Crippen LogP contribution in [0.2, 0.25) is 0 Å². The highest BCUT2D eigenvalue weighted by atomic mass is 127. The molecule has 4 nitrogen and oxygen atoms in total. The van der Waals surface area contributed by atoms with Gasteiger partial charge in [-0.1, -0.05) is 12.1 Å². The number of nitriles is 1. The highest BCUT2D eigenvalue weighted by Crippen LogP contribution is 2.22. The van der Waals surface area contributed by atoms with Crippen LogP contribution in [0.5, 0.6) is 5.75 Å². The average Bonchev–Trinajstić information content (AvgIpc) is 2.55. The van der Waals surface area contributed by atoms with E-state index in [9.17, 15) is 10.1 Å². The molecule has 0 atom stereocenters. The Balaban J connectivity index is 2.29. The number of rotatable bonds is 5. The minimum atomic E-state index is -0.423. The van der Waals surface area contributed by atoms with Crippen molar-refractivity contribution in [1.82, 2.24) is 0 Å². The highest BCUT2D eigenvalue weighted by molar-refractivity contribution is 14.1. The van der Waals surface area contributed by atoms with Crippen molar-refractivity contribution in [1.29, 1.82) is 5.26 Å². The Labute approximate surface area is 161 Å². The fraction of sp³-hybridized carbons (Fsp3) is 0.200. The van der Waals surface area contributed by atoms with Crippen LogP contribution in [0.25, 0.3) is 6.08 Å². The lowest BCUT2D eigenvalue weighted by molar-refractivity contribution is -0.112. The second-order valence-corrected chi connectivity index (χ2v) is 6.84. The lowest BCUT2D eigenvalue weighted by atomic mass is 10.1. The van der Waals surface area contributed by atoms with Crippen LogP contribution in [-0.2, 0) is 4.79 Å². The van der Waals surface area contributed by atoms with Crippen LogP contribution in [0.15, 0.2) is 42.0 Å². The maximum Gasteiger partial charge on any atom is 0.266 e. The molecule has 0 spiro atoms. The van der Waals surface area contributed by atoms with Crippen molar-refractivity contribution < 1.29 is 9.53 Å². The van der Waals surface area contributed by atoms with E-state index < -0.39 is 5.91 Å². The van der Waals surface area contributed by atoms with E-state index in [0.717, 1.165) is 20.3 Å². The number of carbonyl (C=O) groups is 1. The second-order valence-electron chi connectivity index (χ2n) is 5.60. The molecule has 25 heavy (non-hydrogen) atoms. The van der Waals surface area contributed by atoms with E-state index >= 15 is 0 Å². The predicted molar refractivity (Wildman–Crippen MR) is 108 cm³/mol. The molecule has 2 rings (SSSR count). The molecule has 0 aliphatic heterocycles. The molecule has 5 heteroatoms. The summed E-state index contributed by atoms with van der Waals surface area (Å²) in [5.74, 6) is 0.292. The van der Waals surface area contributed by atoms with Crippen LogP contribution < -0.4 is 10.1 Å². The van der Waals surface area contributed by atoms with Crippen LogP contribution in [0.3, 0.4) is 0 Å². The number of hydrogen-bond acceptors (Lipinski definition) is 3. The predicted octanol–water partition coefficient (Wildman–Crippen LogP) is 4.85. The molecular formula is C20H19IN2O2. The summed E-state index contributed by atoms with van der Waals surface area (Å²) >= 11 is 2.18. The molecule has 0 aliphatic rings. The monoisotopic (exact) mass is 446 g/mol. The van der Waals surface area contributed by atoms with Gasteiger partial charge in [-0.05, 0) is 90.4 Å². The summed E-state index contributed by atoms with van der Waals surface area (Å²) in [4.78, 5) is 12.5. The molecule has 2 aromatic carbocycles. The Morgan fingerprint density at radius 1 is 1.28 bits per heavy atom. The van der Waals surface area contributed by atoms with Gasteiger partial charge >= 0.3 is 0 Å². The van der Waals surface area contributed by atoms with Crippen molar-refractivity contribution >= 4 is 40.3 Å². The van der Waals surface area contributed by atoms with Crippen molar-refractivity contribution in [2.24, 2.45) is 0 Å². The minimum absolute atomic E-state index is 0.0466. The van der Waals surface area contributed by atoms with Gasteiger partial charge in [0.05, 0.1) is 6.61 Å². The van der Waals surface area contributed by atoms with E-state index in [1.807, 2.05) is 63.2 Å². The molecule has 1 N–H and O–H groups in total. The number of nitrogens with zero attached hydrogens (tertiary/aromatic N) is 1. The zero-order valence-electron chi connectivity index (χ0n) is 14.4. The molecule has 128 valence electrons. The lowest BCUT2D eigenvalue weighted by Gasteiger charge is -2.09. The smallest absolute Gasteiger partial charge is 0.266 e. The van der Waals surface area contributed by atoms with E-state index in [2.05, 4.69) is 27.9 Å². The number of nitrogens with one attached hydrogen (secondary N) is 1. The molecule has 0 heterocycles. The van der Waals surface area contributed by atoms with E-state index in [0.29, 0.717) is 18.0 Å². The largest absolute Gasteiger partial charge is 0.494 e. The fourth-order valence-electron chi connectivity index (χ4n) is 2.29. The van der Waals surface area contributed by atoms with Crippen molar-refractivity contribution in [3.63, 3.8) is 0 Å². The SMILES string of the molecule is CCOc1cc(I)cc(/C=C(\C#N)C(=O)Nc2cc(C)ccc2C)c1. The molecule has 1 amide bonds. The number of ether oxygens (including phenoxy) is 1. The Morgan fingerprint density at radius 2 is 2.04 bits per heavy atom. The van der Waals surface area contributed by atoms with Crippen molar-refractivity contribution in [2.45, 2.75) is 20.8 Å². The zero-order chi connectivity index (χ0) is 18.4. The number of halogens is 1. The van der Waals surface area contributed by atoms with Crippen molar-refractivity contribution in [3.05, 3.63) is 62.2 Å². The highest BCUT2D eigenvalue weighted by Gasteiger charge is 2.11. The number of anilines is 1. The summed E-state index contributed by atoms with van der Waals surface area (Å²) < 4.78 is 6.48. The molecule has 0 radical (unpaired) electrons. The van der Waals surface area contributed by atoms with Crippen LogP contribution in [-0.4, -0.2) is 12.5 Å². The number of hydrogen-bond donors (Lipinski definition) is 1. The first-order chi connectivity index (χ1) is 11.9. The van der Waals surface area contributed by atoms with Gasteiger partial charge in [0.15, 0.2) is 0 Å². The Hall–Kier alpha value is -2.33. The molecule has 0 saturated carbocycles. The first-order valence-electron chi connectivity index (χ1n) is 7.86. The summed E-state index contributed by atoms with van der Waals surface area (Å²) in [6, 6.07) is 13.4. The summed E-state index contributed by atoms with van der Waals surface area (Å²) in [5, 5.41) is 12.2. The third kappa shape index (κ3) is 5.33. The normalized spacial score (nSPS) is 10.9. The topological polar surface area (TPSA) is 62.1 Å². The van der Waals surface area contributed by atoms with E-state index in [1.165, 1.54) is 0 Å². The first kappa shape index (κ1) is 19.0. The Morgan fingerprint density at radius 3 is 2.72 bits per heavy atom. The lowest BCUT2D eigenvalue weighted by Crippen LogP contribution is -2.14. The molecular weight excluding hydrogens is 427 g/mol. The van der Waals surface area contributed by atoms with Gasteiger partial charge < -0.3 is 10.1 Å². The molecule has 0 aliphatic carbocycles. The summed E-state index contributed by atoms with van der Waals surface area (Å²) in [5.41, 5.74) is 3.50. The minimum Gasteiger partial charge on any atom is -0.494 e. The van der Waals surface area contributed by atoms with Crippen molar-refractivity contribution in [2.75, 3.05) is 11.9 Å². The third-order valence-corrected chi connectivity index (χ3v) is 4.14. The van der Waals surface area contributed by atoms with Gasteiger partial charge in [0.25, 0.3) is 5.91 Å². The van der Waals surface area contributed by atoms with Gasteiger partial charge in [-0.3, -0.25) is 4.79 Å². The maximum atomic E-state index is 12.5. The number of carbonyl (C=O) groups excluding carboxylic acids is 1. The summed E-state index contributed by atoms with van der Waals surface area (Å²) in [7, 11) is 0. The van der Waals surface area contributed by atoms with Crippen LogP contribution in [0.1, 0.15) is 23.6 Å². The Kier molecular flexibility index (Phi) is 6.59. The van der Waals surface area contributed by atoms with E-state index in [4.69, 9.17) is 4.74 Å². The van der Waals surface area contributed by atoms with Gasteiger partial charge in [-0.25, -0.2) is 0 Å². The van der Waals surface area contributed by atoms with Gasteiger partial charge in [0.1, 0.15) is 17.4 Å². The molecule has 0 unspecified atom stereocenters. The maximum absolute atomic E-state index is 12.5. The molecule has 2 aromatic rings. The van der Waals surface area contributed by atoms with Gasteiger partial charge in [-0.15, -0.1) is 0 Å². The molecule has 0 saturated heterocycles. The van der Waals surface area contributed by atoms with Gasteiger partial charge in [-0.2, -0.15) is 5.26 Å². The van der Waals surface area contributed by atoms with Gasteiger partial charge in [0.2, 0.25) is 0 Å². The van der Waals surface area contributed by atoms with Crippen LogP contribution in [0.4, 0.5) is 5.69 Å². The standard InChI is InChI=1S/C20H19IN2O2/c1-4-25-18-10-15(9-17(21)11-18)8-16(12-22)20(24)23-19-7-13(2)5-6-14(19)3/h5-11H,4H2,1-3H3,(H,23,24)/b16-8+. The van der Waals surface area contributed by atoms with E-state index in [1.54, 1.807) is 6.08 Å². The fourth-order valence-corrected chi connectivity index (χ4v) is 2.96. The second kappa shape index (κ2) is 8.67. The quantitative estimate of drug-likeness (QED) is 0.406. The van der Waals surface area contributed by atoms with Crippen LogP contribution >= 0.6 is 22.6 Å². The zero-order valence-corrected chi connectivity index (χ0v) is 16.5. The first-order valence-corrected chi connectivity index (χ1v) is 8.94. The summed E-state index contributed by atoms with van der Waals surface area (Å²) in [6.07, 6.45) is 1.57. The van der Waals surface area contributed by atoms with E-state index in [-0.39, 0.29) is 5.57 Å². The summed E-state index contributed by atoms with van der Waals surface area (Å²) in [6.45, 7) is 6.34. The molecule has 0 aromatic heterocycles. The number of benzene rings is 2. The average molecular weight is 446 g/mol. The Bertz CT molecular complexity index is 866. The van der Waals surface area contributed by atoms with Crippen molar-refractivity contribution in [3.8, 4) is 11.8 Å². The number of amides is 1. The van der Waals surface area contributed by atoms with Crippen LogP contribution in [0, 0.1) is 28.7 Å². The number of aryl methyl sites for hydroxylation is 2. The van der Waals surface area contributed by atoms with Gasteiger partial charge in [0, 0.05) is 9.26 Å².